The second-order valence-corrected chi connectivity index (χ2v) is 6.47. The van der Waals surface area contributed by atoms with Crippen molar-refractivity contribution in [3.63, 3.8) is 0 Å². The highest BCUT2D eigenvalue weighted by molar-refractivity contribution is 5.76. The van der Waals surface area contributed by atoms with Gasteiger partial charge in [0, 0.05) is 13.1 Å². The van der Waals surface area contributed by atoms with E-state index < -0.39 is 5.60 Å². The van der Waals surface area contributed by atoms with Crippen LogP contribution in [0, 0.1) is 5.92 Å². The summed E-state index contributed by atoms with van der Waals surface area (Å²) in [6, 6.07) is 8.32. The normalized spacial score (nSPS) is 17.4. The minimum Gasteiger partial charge on any atom is -0.389 e. The molecule has 0 saturated heterocycles. The zero-order chi connectivity index (χ0) is 16.3. The Morgan fingerprint density at radius 1 is 1.27 bits per heavy atom. The van der Waals surface area contributed by atoms with Crippen LogP contribution in [0.25, 0.3) is 11.0 Å². The fraction of sp³-hybridized carbons (Fsp3) is 0.611. The zero-order valence-electron chi connectivity index (χ0n) is 14.4. The van der Waals surface area contributed by atoms with E-state index in [4.69, 9.17) is 4.98 Å². The maximum Gasteiger partial charge on any atom is 0.126 e. The molecule has 0 saturated carbocycles. The van der Waals surface area contributed by atoms with Gasteiger partial charge in [0.25, 0.3) is 0 Å². The number of hydrogen-bond donors (Lipinski definition) is 2. The van der Waals surface area contributed by atoms with Gasteiger partial charge in [0.05, 0.1) is 22.7 Å². The number of aromatic nitrogens is 2. The van der Waals surface area contributed by atoms with Gasteiger partial charge in [-0.25, -0.2) is 4.98 Å². The third-order valence-electron chi connectivity index (χ3n) is 4.83. The Morgan fingerprint density at radius 2 is 1.95 bits per heavy atom. The van der Waals surface area contributed by atoms with E-state index in [2.05, 4.69) is 43.6 Å². The summed E-state index contributed by atoms with van der Waals surface area (Å²) in [5, 5.41) is 14.0. The standard InChI is InChI=1S/C18H29N3O/c1-6-13(3)18(5,22)12-19-14(4)17-20-15-10-8-9-11-16(15)21(17)7-2/h8-11,13-14,19,22H,6-7,12H2,1-5H3. The molecule has 3 atom stereocenters. The fourth-order valence-electron chi connectivity index (χ4n) is 2.82. The van der Waals surface area contributed by atoms with Crippen molar-refractivity contribution >= 4 is 11.0 Å². The summed E-state index contributed by atoms with van der Waals surface area (Å²) < 4.78 is 2.24. The Bertz CT molecular complexity index is 618. The molecule has 0 fully saturated rings. The molecule has 0 spiro atoms. The van der Waals surface area contributed by atoms with Gasteiger partial charge in [-0.2, -0.15) is 0 Å². The Morgan fingerprint density at radius 3 is 2.59 bits per heavy atom. The lowest BCUT2D eigenvalue weighted by molar-refractivity contribution is 0.00340. The van der Waals surface area contributed by atoms with Crippen molar-refractivity contribution in [2.75, 3.05) is 6.54 Å². The fourth-order valence-corrected chi connectivity index (χ4v) is 2.82. The second kappa shape index (κ2) is 6.80. The Hall–Kier alpha value is -1.39. The highest BCUT2D eigenvalue weighted by Crippen LogP contribution is 2.23. The molecule has 2 aromatic rings. The summed E-state index contributed by atoms with van der Waals surface area (Å²) in [5.74, 6) is 1.29. The van der Waals surface area contributed by atoms with Crippen molar-refractivity contribution in [2.24, 2.45) is 5.92 Å². The molecule has 2 N–H and O–H groups in total. The van der Waals surface area contributed by atoms with E-state index in [0.29, 0.717) is 6.54 Å². The lowest BCUT2D eigenvalue weighted by Crippen LogP contribution is -2.44. The van der Waals surface area contributed by atoms with Crippen LogP contribution in [0.2, 0.25) is 0 Å². The van der Waals surface area contributed by atoms with Crippen LogP contribution < -0.4 is 5.32 Å². The Balaban J connectivity index is 2.18. The Kier molecular flexibility index (Phi) is 5.24. The van der Waals surface area contributed by atoms with E-state index in [1.54, 1.807) is 0 Å². The molecule has 0 aliphatic carbocycles. The quantitative estimate of drug-likeness (QED) is 0.823. The number of hydrogen-bond acceptors (Lipinski definition) is 3. The first-order chi connectivity index (χ1) is 10.4. The maximum absolute atomic E-state index is 10.6. The summed E-state index contributed by atoms with van der Waals surface area (Å²) in [5.41, 5.74) is 1.50. The van der Waals surface area contributed by atoms with E-state index in [-0.39, 0.29) is 12.0 Å². The van der Waals surface area contributed by atoms with Crippen LogP contribution in [0.4, 0.5) is 0 Å². The van der Waals surface area contributed by atoms with E-state index in [0.717, 1.165) is 24.3 Å². The predicted octanol–water partition coefficient (Wildman–Crippen LogP) is 3.50. The summed E-state index contributed by atoms with van der Waals surface area (Å²) in [7, 11) is 0. The van der Waals surface area contributed by atoms with E-state index in [9.17, 15) is 5.11 Å². The second-order valence-electron chi connectivity index (χ2n) is 6.47. The van der Waals surface area contributed by atoms with Crippen LogP contribution >= 0.6 is 0 Å². The smallest absolute Gasteiger partial charge is 0.126 e. The molecule has 1 heterocycles. The SMILES string of the molecule is CCC(C)C(C)(O)CNC(C)c1nc2ccccc2n1CC. The molecule has 0 aliphatic rings. The number of aliphatic hydroxyl groups is 1. The van der Waals surface area contributed by atoms with Crippen LogP contribution in [-0.4, -0.2) is 26.8 Å². The van der Waals surface area contributed by atoms with Gasteiger partial charge < -0.3 is 15.0 Å². The minimum absolute atomic E-state index is 0.0999. The van der Waals surface area contributed by atoms with Crippen molar-refractivity contribution in [1.82, 2.24) is 14.9 Å². The molecule has 1 aromatic carbocycles. The highest BCUT2D eigenvalue weighted by atomic mass is 16.3. The van der Waals surface area contributed by atoms with E-state index in [1.165, 1.54) is 5.52 Å². The van der Waals surface area contributed by atoms with Crippen LogP contribution in [0.15, 0.2) is 24.3 Å². The molecule has 0 amide bonds. The third kappa shape index (κ3) is 3.33. The molecule has 0 bridgehead atoms. The first kappa shape index (κ1) is 17.0. The number of rotatable bonds is 7. The van der Waals surface area contributed by atoms with Crippen molar-refractivity contribution < 1.29 is 5.11 Å². The Labute approximate surface area is 133 Å². The number of aryl methyl sites for hydroxylation is 1. The topological polar surface area (TPSA) is 50.1 Å². The van der Waals surface area contributed by atoms with Gasteiger partial charge in [-0.3, -0.25) is 0 Å². The molecule has 4 nitrogen and oxygen atoms in total. The molecular weight excluding hydrogens is 274 g/mol. The summed E-state index contributed by atoms with van der Waals surface area (Å²) >= 11 is 0. The number of para-hydroxylation sites is 2. The number of nitrogens with zero attached hydrogens (tertiary/aromatic N) is 2. The maximum atomic E-state index is 10.6. The van der Waals surface area contributed by atoms with Gasteiger partial charge >= 0.3 is 0 Å². The van der Waals surface area contributed by atoms with Gasteiger partial charge in [-0.15, -0.1) is 0 Å². The minimum atomic E-state index is -0.702. The molecule has 0 radical (unpaired) electrons. The van der Waals surface area contributed by atoms with Gasteiger partial charge in [0.15, 0.2) is 0 Å². The molecule has 22 heavy (non-hydrogen) atoms. The average Bonchev–Trinajstić information content (AvgIpc) is 2.90. The molecule has 3 unspecified atom stereocenters. The first-order valence-corrected chi connectivity index (χ1v) is 8.31. The third-order valence-corrected chi connectivity index (χ3v) is 4.83. The summed E-state index contributed by atoms with van der Waals surface area (Å²) in [6.45, 7) is 11.8. The molecule has 122 valence electrons. The average molecular weight is 303 g/mol. The van der Waals surface area contributed by atoms with Crippen LogP contribution in [0.3, 0.4) is 0 Å². The van der Waals surface area contributed by atoms with Crippen LogP contribution in [0.1, 0.15) is 52.9 Å². The first-order valence-electron chi connectivity index (χ1n) is 8.31. The number of imidazole rings is 1. The summed E-state index contributed by atoms with van der Waals surface area (Å²) in [4.78, 5) is 4.77. The van der Waals surface area contributed by atoms with E-state index in [1.807, 2.05) is 25.1 Å². The predicted molar refractivity (Wildman–Crippen MR) is 91.9 cm³/mol. The summed E-state index contributed by atoms with van der Waals surface area (Å²) in [6.07, 6.45) is 0.969. The molecule has 1 aromatic heterocycles. The van der Waals surface area contributed by atoms with Gasteiger partial charge in [-0.1, -0.05) is 32.4 Å². The van der Waals surface area contributed by atoms with E-state index >= 15 is 0 Å². The number of fused-ring (bicyclic) bond motifs is 1. The lowest BCUT2D eigenvalue weighted by Gasteiger charge is -2.31. The van der Waals surface area contributed by atoms with Crippen molar-refractivity contribution in [1.29, 1.82) is 0 Å². The number of benzene rings is 1. The van der Waals surface area contributed by atoms with Crippen LogP contribution in [-0.2, 0) is 6.54 Å². The van der Waals surface area contributed by atoms with Crippen molar-refractivity contribution in [2.45, 2.75) is 59.2 Å². The molecular formula is C18H29N3O. The van der Waals surface area contributed by atoms with Gasteiger partial charge in [0.1, 0.15) is 5.82 Å². The molecule has 0 aliphatic heterocycles. The van der Waals surface area contributed by atoms with Crippen molar-refractivity contribution in [3.05, 3.63) is 30.1 Å². The highest BCUT2D eigenvalue weighted by Gasteiger charge is 2.28. The van der Waals surface area contributed by atoms with Crippen LogP contribution in [0.5, 0.6) is 0 Å². The molecule has 2 rings (SSSR count). The zero-order valence-corrected chi connectivity index (χ0v) is 14.4. The van der Waals surface area contributed by atoms with Crippen molar-refractivity contribution in [3.8, 4) is 0 Å². The van der Waals surface area contributed by atoms with Gasteiger partial charge in [0.2, 0.25) is 0 Å². The van der Waals surface area contributed by atoms with Gasteiger partial charge in [-0.05, 0) is 38.8 Å². The monoisotopic (exact) mass is 303 g/mol. The molecule has 4 heteroatoms. The largest absolute Gasteiger partial charge is 0.389 e. The number of nitrogens with one attached hydrogen (secondary N) is 1. The lowest BCUT2D eigenvalue weighted by atomic mass is 9.88.